The number of phenols is 1. The van der Waals surface area contributed by atoms with Crippen molar-refractivity contribution < 1.29 is 33.4 Å². The molecule has 3 aromatic heterocycles. The van der Waals surface area contributed by atoms with Crippen molar-refractivity contribution in [3.63, 3.8) is 0 Å². The third kappa shape index (κ3) is 4.94. The van der Waals surface area contributed by atoms with Crippen molar-refractivity contribution >= 4 is 28.4 Å². The summed E-state index contributed by atoms with van der Waals surface area (Å²) in [4.78, 5) is 40.2. The van der Waals surface area contributed by atoms with Gasteiger partial charge in [-0.05, 0) is 41.2 Å². The maximum atomic E-state index is 14.1. The summed E-state index contributed by atoms with van der Waals surface area (Å²) < 4.78 is 20.1. The lowest BCUT2D eigenvalue weighted by molar-refractivity contribution is -0.135. The Balaban J connectivity index is 1.26. The smallest absolute Gasteiger partial charge is 0.249 e. The number of aromatic hydroxyl groups is 1. The number of aliphatic hydroxyl groups excluding tert-OH is 1. The standard InChI is InChI=1S/C40H38N6O7/c1-18(2)30-38-46-32(37-42-17-29(51-37)22-16-41-31-21(22)8-7-11-27(31)47)34(53-38)40-23-9-5-6-10-25(23)44-39(40)52-28-13-12-20(14-24(28)40)15-26(35(49)45-30)43-36(50)33(48)19(3)4/h5-14,16-19,26,30,33,39,41,44,47-48H,15H2,1-4H3,(H,43,50)(H,45,49). The third-order valence-electron chi connectivity index (χ3n) is 10.6. The summed E-state index contributed by atoms with van der Waals surface area (Å²) in [6, 6.07) is 17.2. The van der Waals surface area contributed by atoms with Crippen LogP contribution < -0.4 is 20.7 Å². The fourth-order valence-corrected chi connectivity index (χ4v) is 7.86. The predicted molar refractivity (Wildman–Crippen MR) is 194 cm³/mol. The number of aromatic nitrogens is 3. The van der Waals surface area contributed by atoms with Crippen LogP contribution in [-0.2, 0) is 21.4 Å². The Morgan fingerprint density at radius 1 is 1.02 bits per heavy atom. The molecular weight excluding hydrogens is 676 g/mol. The molecule has 3 aromatic carbocycles. The lowest BCUT2D eigenvalue weighted by Crippen LogP contribution is -2.52. The minimum Gasteiger partial charge on any atom is -0.506 e. The number of benzene rings is 3. The maximum Gasteiger partial charge on any atom is 0.249 e. The first kappa shape index (κ1) is 32.8. The molecule has 3 aliphatic heterocycles. The van der Waals surface area contributed by atoms with Gasteiger partial charge in [-0.15, -0.1) is 0 Å². The molecule has 0 saturated heterocycles. The van der Waals surface area contributed by atoms with Crippen molar-refractivity contribution in [2.45, 2.75) is 63.9 Å². The van der Waals surface area contributed by atoms with Gasteiger partial charge in [0.05, 0.1) is 11.7 Å². The quantitative estimate of drug-likeness (QED) is 0.128. The normalized spacial score (nSPS) is 22.0. The fraction of sp³-hybridized carbons (Fsp3) is 0.300. The molecule has 5 atom stereocenters. The van der Waals surface area contributed by atoms with Crippen LogP contribution in [0.5, 0.6) is 11.5 Å². The topological polar surface area (TPSA) is 188 Å². The van der Waals surface area contributed by atoms with E-state index < -0.39 is 41.6 Å². The molecule has 3 aliphatic rings. The molecule has 270 valence electrons. The Labute approximate surface area is 303 Å². The number of carbonyl (C=O) groups excluding carboxylic acids is 2. The van der Waals surface area contributed by atoms with E-state index in [1.54, 1.807) is 38.4 Å². The van der Waals surface area contributed by atoms with Gasteiger partial charge < -0.3 is 44.7 Å². The number of nitrogens with one attached hydrogen (secondary N) is 4. The van der Waals surface area contributed by atoms with Crippen LogP contribution in [0.3, 0.4) is 0 Å². The molecule has 53 heavy (non-hydrogen) atoms. The highest BCUT2D eigenvalue weighted by molar-refractivity contribution is 5.97. The van der Waals surface area contributed by atoms with Gasteiger partial charge >= 0.3 is 0 Å². The summed E-state index contributed by atoms with van der Waals surface area (Å²) in [5.74, 6) is 0.407. The number of oxazole rings is 2. The highest BCUT2D eigenvalue weighted by Crippen LogP contribution is 2.59. The number of amides is 2. The van der Waals surface area contributed by atoms with Crippen molar-refractivity contribution in [1.82, 2.24) is 25.6 Å². The molecule has 13 heteroatoms. The van der Waals surface area contributed by atoms with E-state index in [2.05, 4.69) is 20.9 Å². The van der Waals surface area contributed by atoms with Gasteiger partial charge in [0, 0.05) is 34.8 Å². The second-order valence-corrected chi connectivity index (χ2v) is 14.7. The lowest BCUT2D eigenvalue weighted by atomic mass is 9.72. The number of anilines is 1. The molecule has 6 heterocycles. The van der Waals surface area contributed by atoms with E-state index in [1.165, 1.54) is 0 Å². The number of rotatable bonds is 6. The van der Waals surface area contributed by atoms with Crippen LogP contribution in [0.15, 0.2) is 81.9 Å². The van der Waals surface area contributed by atoms with Gasteiger partial charge in [-0.2, -0.15) is 0 Å². The largest absolute Gasteiger partial charge is 0.506 e. The van der Waals surface area contributed by atoms with Crippen LogP contribution in [0.2, 0.25) is 0 Å². The van der Waals surface area contributed by atoms with Crippen molar-refractivity contribution in [3.8, 4) is 34.4 Å². The van der Waals surface area contributed by atoms with E-state index in [4.69, 9.17) is 23.5 Å². The third-order valence-corrected chi connectivity index (χ3v) is 10.6. The Morgan fingerprint density at radius 3 is 2.66 bits per heavy atom. The number of H-pyrrole nitrogens is 1. The molecule has 2 amide bonds. The van der Waals surface area contributed by atoms with E-state index in [-0.39, 0.29) is 35.8 Å². The minimum atomic E-state index is -1.29. The summed E-state index contributed by atoms with van der Waals surface area (Å²) in [6.45, 7) is 7.37. The van der Waals surface area contributed by atoms with Crippen molar-refractivity contribution in [2.75, 3.05) is 5.32 Å². The number of aliphatic hydroxyl groups is 1. The van der Waals surface area contributed by atoms with E-state index in [0.717, 1.165) is 27.8 Å². The molecule has 5 unspecified atom stereocenters. The molecule has 13 nitrogen and oxygen atoms in total. The Morgan fingerprint density at radius 2 is 1.85 bits per heavy atom. The van der Waals surface area contributed by atoms with Crippen molar-refractivity contribution in [2.24, 2.45) is 11.8 Å². The van der Waals surface area contributed by atoms with Gasteiger partial charge in [0.2, 0.25) is 23.6 Å². The molecule has 9 rings (SSSR count). The Hall–Kier alpha value is -6.08. The molecular formula is C40H38N6O7. The lowest BCUT2D eigenvalue weighted by Gasteiger charge is -2.29. The molecule has 0 fully saturated rings. The molecule has 0 aliphatic carbocycles. The second kappa shape index (κ2) is 12.0. The first-order valence-electron chi connectivity index (χ1n) is 17.8. The first-order valence-corrected chi connectivity index (χ1v) is 17.8. The van der Waals surface area contributed by atoms with Crippen LogP contribution in [-0.4, -0.2) is 55.4 Å². The number of fused-ring (bicyclic) bond motifs is 5. The Kier molecular flexibility index (Phi) is 7.42. The minimum absolute atomic E-state index is 0.116. The number of nitrogens with zero attached hydrogens (tertiary/aromatic N) is 2. The number of phenolic OH excluding ortho intramolecular Hbond substituents is 1. The van der Waals surface area contributed by atoms with Crippen LogP contribution in [0.25, 0.3) is 33.8 Å². The van der Waals surface area contributed by atoms with E-state index >= 15 is 0 Å². The van der Waals surface area contributed by atoms with Gasteiger partial charge in [0.1, 0.15) is 35.1 Å². The Bertz CT molecular complexity index is 2430. The summed E-state index contributed by atoms with van der Waals surface area (Å²) in [6.07, 6.45) is 1.59. The van der Waals surface area contributed by atoms with Gasteiger partial charge in [-0.3, -0.25) is 9.59 Å². The van der Waals surface area contributed by atoms with Crippen molar-refractivity contribution in [3.05, 3.63) is 101 Å². The second-order valence-electron chi connectivity index (χ2n) is 14.7. The highest BCUT2D eigenvalue weighted by Gasteiger charge is 2.61. The number of para-hydroxylation sites is 2. The summed E-state index contributed by atoms with van der Waals surface area (Å²) >= 11 is 0. The zero-order chi connectivity index (χ0) is 36.8. The number of ether oxygens (including phenoxy) is 1. The molecule has 4 bridgehead atoms. The zero-order valence-corrected chi connectivity index (χ0v) is 29.4. The van der Waals surface area contributed by atoms with Crippen LogP contribution in [0.1, 0.15) is 62.1 Å². The summed E-state index contributed by atoms with van der Waals surface area (Å²) in [5, 5.41) is 31.2. The summed E-state index contributed by atoms with van der Waals surface area (Å²) in [5.41, 5.74) is 3.86. The van der Waals surface area contributed by atoms with E-state index in [0.29, 0.717) is 34.0 Å². The SMILES string of the molecule is CC(C)C(O)C(=O)NC1Cc2ccc3c(c2)C2(c4ccccc4NC2O3)c2oc(nc2-c2ncc(-c3c[nH]c4c(O)cccc34)o2)C(C(C)C)NC1=O. The molecule has 0 radical (unpaired) electrons. The monoisotopic (exact) mass is 714 g/mol. The van der Waals surface area contributed by atoms with Gasteiger partial charge in [-0.25, -0.2) is 9.97 Å². The molecule has 0 saturated carbocycles. The molecule has 1 spiro atoms. The zero-order valence-electron chi connectivity index (χ0n) is 29.4. The van der Waals surface area contributed by atoms with Crippen LogP contribution >= 0.6 is 0 Å². The average Bonchev–Trinajstić information content (AvgIpc) is 3.96. The fourth-order valence-electron chi connectivity index (χ4n) is 7.86. The number of aromatic amines is 1. The average molecular weight is 715 g/mol. The maximum absolute atomic E-state index is 14.1. The van der Waals surface area contributed by atoms with Gasteiger partial charge in [0.25, 0.3) is 0 Å². The number of hydrogen-bond acceptors (Lipinski definition) is 10. The molecule has 6 aromatic rings. The van der Waals surface area contributed by atoms with Crippen molar-refractivity contribution in [1.29, 1.82) is 0 Å². The number of carbonyl (C=O) groups is 2. The first-order chi connectivity index (χ1) is 25.5. The molecule has 6 N–H and O–H groups in total. The van der Waals surface area contributed by atoms with Crippen LogP contribution in [0, 0.1) is 11.8 Å². The van der Waals surface area contributed by atoms with Gasteiger partial charge in [-0.1, -0.05) is 70.2 Å². The van der Waals surface area contributed by atoms with E-state index in [9.17, 15) is 19.8 Å². The number of hydrogen-bond donors (Lipinski definition) is 6. The highest BCUT2D eigenvalue weighted by atomic mass is 16.5. The van der Waals surface area contributed by atoms with Crippen LogP contribution in [0.4, 0.5) is 5.69 Å². The predicted octanol–water partition coefficient (Wildman–Crippen LogP) is 5.53. The van der Waals surface area contributed by atoms with E-state index in [1.807, 2.05) is 62.4 Å². The van der Waals surface area contributed by atoms with Gasteiger partial charge in [0.15, 0.2) is 23.4 Å². The summed E-state index contributed by atoms with van der Waals surface area (Å²) in [7, 11) is 0.